The highest BCUT2D eigenvalue weighted by Crippen LogP contribution is 2.27. The lowest BCUT2D eigenvalue weighted by molar-refractivity contribution is -0.142. The van der Waals surface area contributed by atoms with Crippen molar-refractivity contribution in [1.29, 1.82) is 0 Å². The molecule has 1 atom stereocenters. The molecule has 5 nitrogen and oxygen atoms in total. The second-order valence-electron chi connectivity index (χ2n) is 7.18. The van der Waals surface area contributed by atoms with Gasteiger partial charge >= 0.3 is 0 Å². The van der Waals surface area contributed by atoms with Gasteiger partial charge in [-0.1, -0.05) is 41.9 Å². The first kappa shape index (κ1) is 19.0. The molecule has 2 aromatic carbocycles. The van der Waals surface area contributed by atoms with Crippen LogP contribution in [0.2, 0.25) is 5.02 Å². The monoisotopic (exact) mass is 398 g/mol. The van der Waals surface area contributed by atoms with Gasteiger partial charge in [-0.2, -0.15) is 0 Å². The maximum atomic E-state index is 12.8. The van der Waals surface area contributed by atoms with Gasteiger partial charge in [0.05, 0.1) is 0 Å². The molecule has 0 N–H and O–H groups in total. The van der Waals surface area contributed by atoms with Crippen LogP contribution in [0.4, 0.5) is 0 Å². The Labute approximate surface area is 169 Å². The van der Waals surface area contributed by atoms with Crippen molar-refractivity contribution in [3.05, 3.63) is 59.1 Å². The standard InChI is InChI=1S/C22H23ClN2O3/c23-19-5-2-1-4-18(19)16-7-9-17(10-8-16)21(26)24-11-13-25(14-12-24)22(27)20-6-3-15-28-20/h1-2,4-5,7-10,20H,3,6,11-15H2/t20-/m0/s1. The van der Waals surface area contributed by atoms with E-state index in [9.17, 15) is 9.59 Å². The zero-order valence-electron chi connectivity index (χ0n) is 15.6. The molecule has 0 aliphatic carbocycles. The van der Waals surface area contributed by atoms with E-state index >= 15 is 0 Å². The van der Waals surface area contributed by atoms with Crippen LogP contribution in [0.5, 0.6) is 0 Å². The Kier molecular flexibility index (Phi) is 5.64. The average Bonchev–Trinajstić information content (AvgIpc) is 3.28. The number of carbonyl (C=O) groups excluding carboxylic acids is 2. The van der Waals surface area contributed by atoms with Gasteiger partial charge in [0.25, 0.3) is 11.8 Å². The number of benzene rings is 2. The number of hydrogen-bond acceptors (Lipinski definition) is 3. The van der Waals surface area contributed by atoms with Crippen LogP contribution >= 0.6 is 11.6 Å². The molecular weight excluding hydrogens is 376 g/mol. The quantitative estimate of drug-likeness (QED) is 0.795. The van der Waals surface area contributed by atoms with Crippen molar-refractivity contribution in [2.24, 2.45) is 0 Å². The van der Waals surface area contributed by atoms with Gasteiger partial charge in [-0.25, -0.2) is 0 Å². The molecule has 2 fully saturated rings. The third-order valence-electron chi connectivity index (χ3n) is 5.40. The summed E-state index contributed by atoms with van der Waals surface area (Å²) in [4.78, 5) is 28.9. The fourth-order valence-electron chi connectivity index (χ4n) is 3.78. The highest BCUT2D eigenvalue weighted by molar-refractivity contribution is 6.33. The Morgan fingerprint density at radius 3 is 2.25 bits per heavy atom. The second kappa shape index (κ2) is 8.33. The zero-order chi connectivity index (χ0) is 19.5. The molecule has 2 saturated heterocycles. The van der Waals surface area contributed by atoms with E-state index in [-0.39, 0.29) is 17.9 Å². The highest BCUT2D eigenvalue weighted by Gasteiger charge is 2.31. The third-order valence-corrected chi connectivity index (χ3v) is 5.73. The first-order valence-electron chi connectivity index (χ1n) is 9.68. The highest BCUT2D eigenvalue weighted by atomic mass is 35.5. The smallest absolute Gasteiger partial charge is 0.253 e. The molecule has 0 radical (unpaired) electrons. The van der Waals surface area contributed by atoms with E-state index in [4.69, 9.17) is 16.3 Å². The molecule has 4 rings (SSSR count). The topological polar surface area (TPSA) is 49.9 Å². The predicted molar refractivity (Wildman–Crippen MR) is 108 cm³/mol. The molecule has 0 bridgehead atoms. The molecule has 2 aliphatic heterocycles. The number of hydrogen-bond donors (Lipinski definition) is 0. The van der Waals surface area contributed by atoms with Gasteiger partial charge in [-0.15, -0.1) is 0 Å². The molecule has 146 valence electrons. The molecule has 6 heteroatoms. The summed E-state index contributed by atoms with van der Waals surface area (Å²) in [5.74, 6) is 0.0589. The second-order valence-corrected chi connectivity index (χ2v) is 7.58. The maximum absolute atomic E-state index is 12.8. The van der Waals surface area contributed by atoms with Crippen LogP contribution in [0.3, 0.4) is 0 Å². The predicted octanol–water partition coefficient (Wildman–Crippen LogP) is 3.47. The summed E-state index contributed by atoms with van der Waals surface area (Å²) in [6.45, 7) is 2.87. The van der Waals surface area contributed by atoms with Crippen LogP contribution in [-0.4, -0.2) is 60.5 Å². The zero-order valence-corrected chi connectivity index (χ0v) is 16.4. The normalized spacial score (nSPS) is 19.7. The van der Waals surface area contributed by atoms with Gasteiger partial charge in [-0.3, -0.25) is 9.59 Å². The van der Waals surface area contributed by atoms with Gasteiger partial charge < -0.3 is 14.5 Å². The summed E-state index contributed by atoms with van der Waals surface area (Å²) in [6, 6.07) is 15.2. The van der Waals surface area contributed by atoms with Gasteiger partial charge in [0.15, 0.2) is 0 Å². The molecule has 28 heavy (non-hydrogen) atoms. The van der Waals surface area contributed by atoms with Crippen LogP contribution in [0.1, 0.15) is 23.2 Å². The van der Waals surface area contributed by atoms with E-state index in [2.05, 4.69) is 0 Å². The summed E-state index contributed by atoms with van der Waals surface area (Å²) in [7, 11) is 0. The minimum Gasteiger partial charge on any atom is -0.368 e. The lowest BCUT2D eigenvalue weighted by atomic mass is 10.0. The van der Waals surface area contributed by atoms with Gasteiger partial charge in [0.2, 0.25) is 0 Å². The van der Waals surface area contributed by atoms with E-state index in [1.165, 1.54) is 0 Å². The Bertz CT molecular complexity index is 854. The van der Waals surface area contributed by atoms with Gasteiger partial charge in [0.1, 0.15) is 6.10 Å². The van der Waals surface area contributed by atoms with E-state index in [1.54, 1.807) is 0 Å². The largest absolute Gasteiger partial charge is 0.368 e. The third kappa shape index (κ3) is 3.91. The van der Waals surface area contributed by atoms with Crippen molar-refractivity contribution in [2.75, 3.05) is 32.8 Å². The summed E-state index contributed by atoms with van der Waals surface area (Å²) < 4.78 is 5.49. The molecule has 2 heterocycles. The number of amides is 2. The molecule has 2 aromatic rings. The van der Waals surface area contributed by atoms with Crippen molar-refractivity contribution in [3.63, 3.8) is 0 Å². The van der Waals surface area contributed by atoms with Gasteiger partial charge in [0, 0.05) is 48.9 Å². The van der Waals surface area contributed by atoms with E-state index in [1.807, 2.05) is 58.3 Å². The van der Waals surface area contributed by atoms with Crippen molar-refractivity contribution in [2.45, 2.75) is 18.9 Å². The summed E-state index contributed by atoms with van der Waals surface area (Å²) >= 11 is 6.25. The molecule has 0 saturated carbocycles. The number of halogens is 1. The first-order valence-corrected chi connectivity index (χ1v) is 10.1. The van der Waals surface area contributed by atoms with Crippen molar-refractivity contribution in [3.8, 4) is 11.1 Å². The fourth-order valence-corrected chi connectivity index (χ4v) is 4.02. The molecule has 0 aromatic heterocycles. The van der Waals surface area contributed by atoms with Crippen LogP contribution < -0.4 is 0 Å². The van der Waals surface area contributed by atoms with Crippen LogP contribution in [0, 0.1) is 0 Å². The van der Waals surface area contributed by atoms with Crippen LogP contribution in [-0.2, 0) is 9.53 Å². The minimum absolute atomic E-state index is 0.00470. The number of nitrogens with zero attached hydrogens (tertiary/aromatic N) is 2. The minimum atomic E-state index is -0.292. The Morgan fingerprint density at radius 2 is 1.61 bits per heavy atom. The number of piperazine rings is 1. The summed E-state index contributed by atoms with van der Waals surface area (Å²) in [5, 5.41) is 0.689. The lowest BCUT2D eigenvalue weighted by Crippen LogP contribution is -2.52. The number of ether oxygens (including phenoxy) is 1. The number of carbonyl (C=O) groups is 2. The van der Waals surface area contributed by atoms with E-state index in [0.717, 1.165) is 24.0 Å². The van der Waals surface area contributed by atoms with Crippen LogP contribution in [0.25, 0.3) is 11.1 Å². The SMILES string of the molecule is O=C(c1ccc(-c2ccccc2Cl)cc1)N1CCN(C(=O)[C@@H]2CCCO2)CC1. The molecule has 0 unspecified atom stereocenters. The molecule has 0 spiro atoms. The molecule has 2 aliphatic rings. The van der Waals surface area contributed by atoms with Gasteiger partial charge in [-0.05, 0) is 36.6 Å². The first-order chi connectivity index (χ1) is 13.6. The number of rotatable bonds is 3. The van der Waals surface area contributed by atoms with E-state index < -0.39 is 0 Å². The average molecular weight is 399 g/mol. The lowest BCUT2D eigenvalue weighted by Gasteiger charge is -2.35. The van der Waals surface area contributed by atoms with Crippen LogP contribution in [0.15, 0.2) is 48.5 Å². The summed E-state index contributed by atoms with van der Waals surface area (Å²) in [6.07, 6.45) is 1.45. The Hall–Kier alpha value is -2.37. The summed E-state index contributed by atoms with van der Waals surface area (Å²) in [5.41, 5.74) is 2.58. The molecule has 2 amide bonds. The van der Waals surface area contributed by atoms with Crippen molar-refractivity contribution >= 4 is 23.4 Å². The molecular formula is C22H23ClN2O3. The van der Waals surface area contributed by atoms with Crippen molar-refractivity contribution in [1.82, 2.24) is 9.80 Å². The Morgan fingerprint density at radius 1 is 0.929 bits per heavy atom. The Balaban J connectivity index is 1.37. The van der Waals surface area contributed by atoms with E-state index in [0.29, 0.717) is 43.4 Å². The van der Waals surface area contributed by atoms with Crippen molar-refractivity contribution < 1.29 is 14.3 Å². The fraction of sp³-hybridized carbons (Fsp3) is 0.364. The maximum Gasteiger partial charge on any atom is 0.253 e.